The third-order valence-corrected chi connectivity index (χ3v) is 4.26. The Bertz CT molecular complexity index is 743. The molecule has 0 radical (unpaired) electrons. The number of terminal acetylenes is 1. The summed E-state index contributed by atoms with van der Waals surface area (Å²) < 4.78 is 7.09. The maximum Gasteiger partial charge on any atom is 0.149 e. The highest BCUT2D eigenvalue weighted by Crippen LogP contribution is 2.34. The Balaban J connectivity index is 2.29. The number of nitrogens with zero attached hydrogens (tertiary/aromatic N) is 1. The molecule has 0 spiro atoms. The minimum absolute atomic E-state index is 0.215. The van der Waals surface area contributed by atoms with Crippen molar-refractivity contribution >= 4 is 55.4 Å². The zero-order chi connectivity index (χ0) is 16.1. The van der Waals surface area contributed by atoms with Crippen molar-refractivity contribution in [1.82, 2.24) is 0 Å². The van der Waals surface area contributed by atoms with Crippen molar-refractivity contribution in [2.45, 2.75) is 6.92 Å². The van der Waals surface area contributed by atoms with Crippen LogP contribution in [0.2, 0.25) is 5.02 Å². The van der Waals surface area contributed by atoms with Gasteiger partial charge < -0.3 is 4.74 Å². The summed E-state index contributed by atoms with van der Waals surface area (Å²) in [7, 11) is 0. The van der Waals surface area contributed by atoms with Crippen LogP contribution in [0.1, 0.15) is 11.1 Å². The number of hydrogen-bond acceptors (Lipinski definition) is 2. The van der Waals surface area contributed by atoms with Gasteiger partial charge in [-0.25, -0.2) is 0 Å². The first-order chi connectivity index (χ1) is 10.5. The molecule has 2 aromatic carbocycles. The molecule has 0 aliphatic heterocycles. The molecule has 0 aliphatic rings. The van der Waals surface area contributed by atoms with Gasteiger partial charge in [-0.3, -0.25) is 4.99 Å². The van der Waals surface area contributed by atoms with Gasteiger partial charge in [0.1, 0.15) is 12.4 Å². The normalized spacial score (nSPS) is 10.7. The van der Waals surface area contributed by atoms with Crippen molar-refractivity contribution in [3.63, 3.8) is 0 Å². The topological polar surface area (TPSA) is 21.6 Å². The lowest BCUT2D eigenvalue weighted by Crippen LogP contribution is -1.96. The quantitative estimate of drug-likeness (QED) is 0.425. The summed E-state index contributed by atoms with van der Waals surface area (Å²) in [6.07, 6.45) is 6.98. The van der Waals surface area contributed by atoms with Gasteiger partial charge in [0, 0.05) is 11.2 Å². The number of ether oxygens (including phenoxy) is 1. The smallest absolute Gasteiger partial charge is 0.149 e. The van der Waals surface area contributed by atoms with Crippen LogP contribution in [0.4, 0.5) is 5.69 Å². The number of halogens is 3. The lowest BCUT2D eigenvalue weighted by molar-refractivity contribution is 0.365. The SMILES string of the molecule is C#CCOc1c(Br)cc(C=Nc2cc(Cl)ccc2C)cc1Br. The van der Waals surface area contributed by atoms with E-state index in [1.165, 1.54) is 0 Å². The standard InChI is InChI=1S/C17H12Br2ClNO/c1-3-6-22-17-14(18)7-12(8-15(17)19)10-21-16-9-13(20)5-4-11(16)2/h1,4-5,7-10H,6H2,2H3. The van der Waals surface area contributed by atoms with Crippen LogP contribution in [0.15, 0.2) is 44.3 Å². The lowest BCUT2D eigenvalue weighted by atomic mass is 10.2. The highest BCUT2D eigenvalue weighted by molar-refractivity contribution is 9.11. The van der Waals surface area contributed by atoms with E-state index < -0.39 is 0 Å². The Morgan fingerprint density at radius 3 is 2.59 bits per heavy atom. The molecule has 5 heteroatoms. The summed E-state index contributed by atoms with van der Waals surface area (Å²) in [5.41, 5.74) is 2.83. The zero-order valence-electron chi connectivity index (χ0n) is 11.7. The van der Waals surface area contributed by atoms with Gasteiger partial charge >= 0.3 is 0 Å². The van der Waals surface area contributed by atoms with Crippen LogP contribution < -0.4 is 4.74 Å². The molecule has 0 fully saturated rings. The Morgan fingerprint density at radius 1 is 1.27 bits per heavy atom. The Morgan fingerprint density at radius 2 is 1.95 bits per heavy atom. The van der Waals surface area contributed by atoms with Gasteiger partial charge in [0.25, 0.3) is 0 Å². The summed E-state index contributed by atoms with van der Waals surface area (Å²) in [6, 6.07) is 9.46. The van der Waals surface area contributed by atoms with E-state index in [-0.39, 0.29) is 6.61 Å². The largest absolute Gasteiger partial charge is 0.479 e. The number of rotatable bonds is 4. The van der Waals surface area contributed by atoms with Crippen LogP contribution in [0.5, 0.6) is 5.75 Å². The van der Waals surface area contributed by atoms with E-state index in [0.717, 1.165) is 25.8 Å². The molecule has 0 atom stereocenters. The van der Waals surface area contributed by atoms with E-state index in [1.54, 1.807) is 6.21 Å². The van der Waals surface area contributed by atoms with Gasteiger partial charge in [-0.2, -0.15) is 0 Å². The molecule has 0 aromatic heterocycles. The number of aryl methyl sites for hydroxylation is 1. The first-order valence-corrected chi connectivity index (χ1v) is 8.33. The molecule has 0 unspecified atom stereocenters. The monoisotopic (exact) mass is 439 g/mol. The summed E-state index contributed by atoms with van der Waals surface area (Å²) in [5.74, 6) is 3.12. The van der Waals surface area contributed by atoms with Crippen LogP contribution in [-0.2, 0) is 0 Å². The third-order valence-electron chi connectivity index (χ3n) is 2.84. The van der Waals surface area contributed by atoms with Crippen molar-refractivity contribution in [3.8, 4) is 18.1 Å². The molecule has 0 heterocycles. The van der Waals surface area contributed by atoms with Crippen molar-refractivity contribution in [3.05, 3.63) is 55.4 Å². The predicted octanol–water partition coefficient (Wildman–Crippen LogP) is 5.94. The Labute approximate surface area is 151 Å². The van der Waals surface area contributed by atoms with E-state index >= 15 is 0 Å². The molecule has 2 nitrogen and oxygen atoms in total. The number of hydrogen-bond donors (Lipinski definition) is 0. The van der Waals surface area contributed by atoms with E-state index in [4.69, 9.17) is 22.8 Å². The summed E-state index contributed by atoms with van der Waals surface area (Å²) >= 11 is 12.9. The maximum atomic E-state index is 6.00. The van der Waals surface area contributed by atoms with E-state index in [0.29, 0.717) is 10.8 Å². The Kier molecular flexibility index (Phi) is 6.07. The second-order valence-corrected chi connectivity index (χ2v) is 6.64. The van der Waals surface area contributed by atoms with Gasteiger partial charge in [-0.1, -0.05) is 23.6 Å². The van der Waals surface area contributed by atoms with Crippen molar-refractivity contribution in [2.75, 3.05) is 6.61 Å². The first-order valence-electron chi connectivity index (χ1n) is 6.37. The summed E-state index contributed by atoms with van der Waals surface area (Å²) in [5, 5.41) is 0.665. The predicted molar refractivity (Wildman–Crippen MR) is 99.6 cm³/mol. The van der Waals surface area contributed by atoms with Crippen molar-refractivity contribution in [1.29, 1.82) is 0 Å². The molecule has 0 amide bonds. The van der Waals surface area contributed by atoms with Crippen LogP contribution in [0.25, 0.3) is 0 Å². The molecule has 0 saturated heterocycles. The molecule has 0 aliphatic carbocycles. The van der Waals surface area contributed by atoms with E-state index in [9.17, 15) is 0 Å². The van der Waals surface area contributed by atoms with Gasteiger partial charge in [0.15, 0.2) is 0 Å². The van der Waals surface area contributed by atoms with Crippen LogP contribution in [0, 0.1) is 19.3 Å². The molecule has 0 bridgehead atoms. The highest BCUT2D eigenvalue weighted by Gasteiger charge is 2.08. The molecule has 2 rings (SSSR count). The molecule has 0 N–H and O–H groups in total. The first kappa shape index (κ1) is 17.1. The second kappa shape index (κ2) is 7.82. The van der Waals surface area contributed by atoms with Crippen LogP contribution in [0.3, 0.4) is 0 Å². The fraction of sp³-hybridized carbons (Fsp3) is 0.118. The van der Waals surface area contributed by atoms with Gasteiger partial charge in [0.2, 0.25) is 0 Å². The van der Waals surface area contributed by atoms with Gasteiger partial charge in [0.05, 0.1) is 14.6 Å². The van der Waals surface area contributed by atoms with Crippen molar-refractivity contribution in [2.24, 2.45) is 4.99 Å². The van der Waals surface area contributed by atoms with Crippen LogP contribution >= 0.6 is 43.5 Å². The molecule has 0 saturated carbocycles. The lowest BCUT2D eigenvalue weighted by Gasteiger charge is -2.08. The maximum absolute atomic E-state index is 6.00. The fourth-order valence-electron chi connectivity index (χ4n) is 1.77. The summed E-state index contributed by atoms with van der Waals surface area (Å²) in [4.78, 5) is 4.49. The summed E-state index contributed by atoms with van der Waals surface area (Å²) in [6.45, 7) is 2.21. The third kappa shape index (κ3) is 4.36. The molecular formula is C17H12Br2ClNO. The molecule has 22 heavy (non-hydrogen) atoms. The Hall–Kier alpha value is -1.28. The minimum Gasteiger partial charge on any atom is -0.479 e. The molecule has 112 valence electrons. The van der Waals surface area contributed by atoms with E-state index in [1.807, 2.05) is 37.3 Å². The van der Waals surface area contributed by atoms with Crippen LogP contribution in [-0.4, -0.2) is 12.8 Å². The second-order valence-electron chi connectivity index (χ2n) is 4.50. The number of benzene rings is 2. The van der Waals surface area contributed by atoms with Gasteiger partial charge in [-0.05, 0) is 74.2 Å². The average molecular weight is 442 g/mol. The van der Waals surface area contributed by atoms with E-state index in [2.05, 4.69) is 42.8 Å². The average Bonchev–Trinajstić information content (AvgIpc) is 2.47. The molecular weight excluding hydrogens is 429 g/mol. The minimum atomic E-state index is 0.215. The van der Waals surface area contributed by atoms with Gasteiger partial charge in [-0.15, -0.1) is 6.42 Å². The highest BCUT2D eigenvalue weighted by atomic mass is 79.9. The molecule has 2 aromatic rings. The number of aliphatic imine (C=N–C) groups is 1. The zero-order valence-corrected chi connectivity index (χ0v) is 15.7. The fourth-order valence-corrected chi connectivity index (χ4v) is 3.39. The van der Waals surface area contributed by atoms with Crippen molar-refractivity contribution < 1.29 is 4.74 Å².